The summed E-state index contributed by atoms with van der Waals surface area (Å²) in [4.78, 5) is 75.2. The number of hydrogen-bond donors (Lipinski definition) is 3. The van der Waals surface area contributed by atoms with Crippen molar-refractivity contribution in [2.24, 2.45) is 5.73 Å². The Bertz CT molecular complexity index is 3780. The van der Waals surface area contributed by atoms with Gasteiger partial charge in [0.25, 0.3) is 11.8 Å². The monoisotopic (exact) mass is 1580 g/mol. The molecule has 2 unspecified atom stereocenters. The van der Waals surface area contributed by atoms with Gasteiger partial charge in [0.05, 0.1) is 6.61 Å². The number of imide groups is 2. The van der Waals surface area contributed by atoms with Gasteiger partial charge in [0.1, 0.15) is 18.7 Å². The molecular weight excluding hydrogens is 1540 g/mol. The van der Waals surface area contributed by atoms with Gasteiger partial charge < -0.3 is 25.0 Å². The van der Waals surface area contributed by atoms with E-state index in [0.29, 0.717) is 70.0 Å². The van der Waals surface area contributed by atoms with E-state index < -0.39 is 18.0 Å². The van der Waals surface area contributed by atoms with Crippen molar-refractivity contribution in [1.29, 1.82) is 0 Å². The lowest BCUT2D eigenvalue weighted by atomic mass is 10.00. The summed E-state index contributed by atoms with van der Waals surface area (Å²) in [6, 6.07) is 9.91. The molecule has 0 aromatic heterocycles. The molecule has 434 valence electrons. The average molecular weight is 1590 g/mol. The summed E-state index contributed by atoms with van der Waals surface area (Å²) in [6.45, 7) is 5.28. The van der Waals surface area contributed by atoms with Crippen molar-refractivity contribution in [2.45, 2.75) is 78.0 Å². The van der Waals surface area contributed by atoms with Gasteiger partial charge in [0, 0.05) is 316 Å². The van der Waals surface area contributed by atoms with Crippen molar-refractivity contribution < 1.29 is 38.2 Å². The van der Waals surface area contributed by atoms with Crippen LogP contribution >= 0.6 is 0 Å². The molecule has 41 heteroatoms. The van der Waals surface area contributed by atoms with Crippen molar-refractivity contribution in [2.75, 3.05) is 33.0 Å². The third-order valence-electron chi connectivity index (χ3n) is 9.55. The average Bonchev–Trinajstić information content (AvgIpc) is 3.97. The standard InChI is InChI=1S/C18H23N3O4.C18H18N2O4.CH4.S28/c19-8-10-25-9-2-4-12-3-1-5-13-14(12)11-21(18(13)24)15-6-7-16(22)20-17(15)23;1-2-24-10-4-6-12-5-3-7-13-14(12)11-20(18(13)23)15-8-9-16(21)19-17(15)22;;1-3-5-7-9-11-13-15-17-19-21-23-25-27-28-26-24-22-20-18-16-14-12-10-8-6-4-2/h1,3,5,15H,2,4,6-11,19H2,(H,20,22,23);3,5,7,15H,2,8-11H2,1H3,(H,19,21,22);1H4;. The molecule has 4 aliphatic rings. The predicted octanol–water partition coefficient (Wildman–Crippen LogP) is 1.76. The van der Waals surface area contributed by atoms with Gasteiger partial charge in [-0.1, -0.05) is 37.5 Å². The maximum Gasteiger partial charge on any atom is 0.255 e. The van der Waals surface area contributed by atoms with Gasteiger partial charge in [-0.3, -0.25) is 39.4 Å². The Morgan fingerprint density at radius 1 is 0.577 bits per heavy atom. The Morgan fingerprint density at radius 2 is 0.987 bits per heavy atom. The van der Waals surface area contributed by atoms with Crippen LogP contribution < -0.4 is 16.4 Å². The normalized spacial score (nSPS) is 15.2. The molecule has 2 aromatic rings. The van der Waals surface area contributed by atoms with Gasteiger partial charge in [0.2, 0.25) is 23.6 Å². The first-order valence-electron chi connectivity index (χ1n) is 21.1. The fourth-order valence-electron chi connectivity index (χ4n) is 6.69. The molecule has 4 heterocycles. The minimum atomic E-state index is -0.605. The highest BCUT2D eigenvalue weighted by Gasteiger charge is 2.41. The van der Waals surface area contributed by atoms with Crippen molar-refractivity contribution in [3.05, 3.63) is 69.8 Å². The summed E-state index contributed by atoms with van der Waals surface area (Å²) in [5, 5.41) is 4.62. The van der Waals surface area contributed by atoms with Crippen molar-refractivity contribution in [3.63, 3.8) is 0 Å². The number of hydrogen-bond acceptors (Lipinski definition) is 11. The van der Waals surface area contributed by atoms with Crippen LogP contribution in [0.2, 0.25) is 0 Å². The number of aryl methyl sites for hydroxylation is 1. The summed E-state index contributed by atoms with van der Waals surface area (Å²) < 4.78 is 10.6. The lowest BCUT2D eigenvalue weighted by Crippen LogP contribution is -2.52. The first-order valence-corrected chi connectivity index (χ1v) is 57.1. The number of nitrogens with two attached hydrogens (primary N) is 1. The molecule has 78 heavy (non-hydrogen) atoms. The molecule has 13 nitrogen and oxygen atoms in total. The van der Waals surface area contributed by atoms with E-state index in [1.54, 1.807) is 147 Å². The fraction of sp³-hybridized carbons (Fsp3) is 0.459. The zero-order valence-corrected chi connectivity index (χ0v) is 61.8. The number of nitrogens with zero attached hydrogens (tertiary/aromatic N) is 2. The van der Waals surface area contributed by atoms with Crippen LogP contribution in [0.25, 0.3) is 0 Å². The number of ether oxygens (including phenoxy) is 2. The molecule has 2 fully saturated rings. The van der Waals surface area contributed by atoms with Crippen molar-refractivity contribution in [1.82, 2.24) is 20.4 Å². The van der Waals surface area contributed by atoms with Crippen LogP contribution in [0.5, 0.6) is 0 Å². The molecule has 0 bridgehead atoms. The minimum Gasteiger partial charge on any atom is -0.380 e. The van der Waals surface area contributed by atoms with Crippen molar-refractivity contribution >= 4 is 289 Å². The fourth-order valence-corrected chi connectivity index (χ4v) is 72.6. The lowest BCUT2D eigenvalue weighted by molar-refractivity contribution is -0.138. The third kappa shape index (κ3) is 28.6. The molecule has 4 aliphatic heterocycles. The SMILES string of the molecule is C.CCOCC#Cc1cccc2c1CN(C1CCC(=O)NC1=O)C2=O.NCCOCCCc1cccc2c1CN(C1CCC(=O)NC1=O)C2=O.S=S=S=S=S=S=S=S=S=S=S=S=S=S=S=S=S=S=S=S=S=S=S=S=S=S=S=S. The molecular formula is C37H45N5O8S28. The molecule has 0 saturated carbocycles. The summed E-state index contributed by atoms with van der Waals surface area (Å²) >= 11 is 9.56. The molecule has 0 aliphatic carbocycles. The second-order valence-electron chi connectivity index (χ2n) is 13.8. The molecule has 2 aromatic carbocycles. The van der Waals surface area contributed by atoms with E-state index in [-0.39, 0.29) is 49.8 Å². The van der Waals surface area contributed by atoms with Crippen LogP contribution in [0.15, 0.2) is 36.4 Å². The van der Waals surface area contributed by atoms with Crippen LogP contribution in [0, 0.1) is 11.8 Å². The number of carbonyl (C=O) groups is 6. The van der Waals surface area contributed by atoms with E-state index in [2.05, 4.69) is 22.5 Å². The summed E-state index contributed by atoms with van der Waals surface area (Å²) in [7, 11) is 45.4. The number of fused-ring (bicyclic) bond motifs is 2. The van der Waals surface area contributed by atoms with Crippen LogP contribution in [-0.4, -0.2) is 90.3 Å². The Kier molecular flexibility index (Phi) is 43.8. The molecule has 0 spiro atoms. The highest BCUT2D eigenvalue weighted by atomic mass is 33.5. The van der Waals surface area contributed by atoms with Gasteiger partial charge in [-0.2, -0.15) is 0 Å². The van der Waals surface area contributed by atoms with Gasteiger partial charge in [-0.25, -0.2) is 0 Å². The van der Waals surface area contributed by atoms with E-state index in [1.165, 1.54) is 22.7 Å². The minimum absolute atomic E-state index is 0. The van der Waals surface area contributed by atoms with Crippen molar-refractivity contribution in [3.8, 4) is 11.8 Å². The van der Waals surface area contributed by atoms with Crippen LogP contribution in [0.3, 0.4) is 0 Å². The Labute approximate surface area is 537 Å². The maximum atomic E-state index is 12.7. The topological polar surface area (TPSA) is 177 Å². The van der Waals surface area contributed by atoms with Crippen LogP contribution in [0.4, 0.5) is 0 Å². The molecule has 6 rings (SSSR count). The van der Waals surface area contributed by atoms with Gasteiger partial charge in [-0.05, 0) is 67.5 Å². The molecule has 6 amide bonds. The zero-order valence-electron chi connectivity index (χ0n) is 39.0. The number of rotatable bonds is 10. The zero-order chi connectivity index (χ0) is 55.3. The predicted molar refractivity (Wildman–Crippen MR) is 389 cm³/mol. The van der Waals surface area contributed by atoms with E-state index in [0.717, 1.165) is 35.1 Å². The van der Waals surface area contributed by atoms with Gasteiger partial charge in [-0.15, -0.1) is 0 Å². The Balaban J connectivity index is 0.000000306. The van der Waals surface area contributed by atoms with Crippen LogP contribution in [-0.2, 0) is 301 Å². The second kappa shape index (κ2) is 46.5. The van der Waals surface area contributed by atoms with E-state index in [9.17, 15) is 28.8 Å². The molecule has 2 atom stereocenters. The first-order chi connectivity index (χ1) is 37.6. The first kappa shape index (κ1) is 73.5. The largest absolute Gasteiger partial charge is 0.380 e. The highest BCUT2D eigenvalue weighted by molar-refractivity contribution is 8.79. The van der Waals surface area contributed by atoms with Gasteiger partial charge in [0.15, 0.2) is 0 Å². The quantitative estimate of drug-likeness (QED) is 0.180. The number of piperidine rings is 2. The number of carbonyl (C=O) groups excluding carboxylic acids is 6. The molecule has 4 N–H and O–H groups in total. The summed E-state index contributed by atoms with van der Waals surface area (Å²) in [5.41, 5.74) is 10.3. The van der Waals surface area contributed by atoms with E-state index >= 15 is 0 Å². The van der Waals surface area contributed by atoms with E-state index in [1.807, 2.05) is 114 Å². The smallest absolute Gasteiger partial charge is 0.255 e. The summed E-state index contributed by atoms with van der Waals surface area (Å²) in [6.07, 6.45) is 2.91. The lowest BCUT2D eigenvalue weighted by Gasteiger charge is -2.29. The number of nitrogens with one attached hydrogen (secondary N) is 2. The van der Waals surface area contributed by atoms with E-state index in [4.69, 9.17) is 37.6 Å². The Hall–Kier alpha value is 1.26. The van der Waals surface area contributed by atoms with Gasteiger partial charge >= 0.3 is 0 Å². The maximum absolute atomic E-state index is 12.7. The Morgan fingerprint density at radius 3 is 1.40 bits per heavy atom. The number of benzene rings is 2. The molecule has 2 saturated heterocycles. The molecule has 0 radical (unpaired) electrons. The number of amides is 6. The second-order valence-corrected chi connectivity index (χ2v) is 59.8. The third-order valence-corrected chi connectivity index (χ3v) is 65.1. The summed E-state index contributed by atoms with van der Waals surface area (Å²) in [5.74, 6) is 4.29. The van der Waals surface area contributed by atoms with Crippen LogP contribution in [0.1, 0.15) is 89.4 Å². The highest BCUT2D eigenvalue weighted by Crippen LogP contribution is 2.31.